The summed E-state index contributed by atoms with van der Waals surface area (Å²) in [7, 11) is 0. The number of rotatable bonds is 5. The van der Waals surface area contributed by atoms with E-state index in [1.807, 2.05) is 6.26 Å². The lowest BCUT2D eigenvalue weighted by Gasteiger charge is -2.46. The maximum absolute atomic E-state index is 13.7. The van der Waals surface area contributed by atoms with Gasteiger partial charge in [0.15, 0.2) is 0 Å². The Kier molecular flexibility index (Phi) is 6.34. The topological polar surface area (TPSA) is 57.7 Å². The van der Waals surface area contributed by atoms with E-state index in [9.17, 15) is 14.4 Å². The number of amides is 3. The fourth-order valence-electron chi connectivity index (χ4n) is 6.18. The van der Waals surface area contributed by atoms with Crippen LogP contribution in [-0.4, -0.2) is 58.2 Å². The Morgan fingerprint density at radius 1 is 0.964 bits per heavy atom. The molecule has 0 aromatic carbocycles. The zero-order chi connectivity index (χ0) is 19.7. The van der Waals surface area contributed by atoms with Crippen molar-refractivity contribution in [2.45, 2.75) is 82.7 Å². The zero-order valence-electron chi connectivity index (χ0n) is 17.1. The van der Waals surface area contributed by atoms with Crippen molar-refractivity contribution < 1.29 is 14.4 Å². The third-order valence-corrected chi connectivity index (χ3v) is 8.24. The van der Waals surface area contributed by atoms with Gasteiger partial charge < -0.3 is 4.90 Å². The Hall–Kier alpha value is -1.04. The highest BCUT2D eigenvalue weighted by atomic mass is 32.2. The fraction of sp³-hybridized carbons (Fsp3) is 0.864. The standard InChI is InChI=1S/C22H34N2O3S/c1-28-14-12-19(24-20(25)16-9-3-4-10-17(16)21(24)26)22(27)23-13-6-8-15-7-2-5-11-18(15)23/h15-19H,2-14H2,1H3. The van der Waals surface area contributed by atoms with E-state index in [1.54, 1.807) is 11.8 Å². The number of carbonyl (C=O) groups is 3. The molecule has 5 nitrogen and oxygen atoms in total. The zero-order valence-corrected chi connectivity index (χ0v) is 17.9. The number of hydrogen-bond acceptors (Lipinski definition) is 4. The lowest BCUT2D eigenvalue weighted by atomic mass is 9.78. The maximum Gasteiger partial charge on any atom is 0.246 e. The molecule has 0 aromatic heterocycles. The maximum atomic E-state index is 13.7. The van der Waals surface area contributed by atoms with Gasteiger partial charge in [-0.3, -0.25) is 19.3 Å². The molecular weight excluding hydrogens is 372 g/mol. The van der Waals surface area contributed by atoms with Crippen LogP contribution in [0.1, 0.15) is 70.6 Å². The molecule has 2 heterocycles. The van der Waals surface area contributed by atoms with Gasteiger partial charge in [0.25, 0.3) is 0 Å². The average Bonchev–Trinajstić information content (AvgIpc) is 2.99. The molecule has 5 atom stereocenters. The second kappa shape index (κ2) is 8.76. The lowest BCUT2D eigenvalue weighted by Crippen LogP contribution is -2.57. The molecule has 5 unspecified atom stereocenters. The number of carbonyl (C=O) groups excluding carboxylic acids is 3. The van der Waals surface area contributed by atoms with E-state index in [0.717, 1.165) is 50.8 Å². The van der Waals surface area contributed by atoms with Crippen molar-refractivity contribution >= 4 is 29.5 Å². The number of piperidine rings is 1. The van der Waals surface area contributed by atoms with Gasteiger partial charge in [0, 0.05) is 12.6 Å². The third-order valence-electron chi connectivity index (χ3n) is 7.59. The number of nitrogens with zero attached hydrogens (tertiary/aromatic N) is 2. The van der Waals surface area contributed by atoms with Gasteiger partial charge in [0.1, 0.15) is 6.04 Å². The Bertz CT molecular complexity index is 599. The normalized spacial score (nSPS) is 34.2. The van der Waals surface area contributed by atoms with Crippen molar-refractivity contribution in [3.8, 4) is 0 Å². The third kappa shape index (κ3) is 3.61. The molecule has 4 fully saturated rings. The van der Waals surface area contributed by atoms with Crippen LogP contribution in [0.5, 0.6) is 0 Å². The Morgan fingerprint density at radius 3 is 2.25 bits per heavy atom. The van der Waals surface area contributed by atoms with Crippen molar-refractivity contribution in [2.75, 3.05) is 18.6 Å². The van der Waals surface area contributed by atoms with Crippen LogP contribution < -0.4 is 0 Å². The minimum absolute atomic E-state index is 0.0472. The van der Waals surface area contributed by atoms with Crippen molar-refractivity contribution in [3.05, 3.63) is 0 Å². The van der Waals surface area contributed by atoms with Crippen LogP contribution in [0, 0.1) is 17.8 Å². The van der Waals surface area contributed by atoms with Gasteiger partial charge in [-0.15, -0.1) is 0 Å². The average molecular weight is 407 g/mol. The van der Waals surface area contributed by atoms with Crippen molar-refractivity contribution in [1.82, 2.24) is 9.80 Å². The highest BCUT2D eigenvalue weighted by Crippen LogP contribution is 2.41. The summed E-state index contributed by atoms with van der Waals surface area (Å²) in [4.78, 5) is 43.5. The van der Waals surface area contributed by atoms with E-state index < -0.39 is 6.04 Å². The van der Waals surface area contributed by atoms with E-state index in [4.69, 9.17) is 0 Å². The van der Waals surface area contributed by atoms with E-state index in [-0.39, 0.29) is 29.6 Å². The molecule has 2 aliphatic heterocycles. The van der Waals surface area contributed by atoms with Crippen LogP contribution in [0.15, 0.2) is 0 Å². The SMILES string of the molecule is CSCCC(C(=O)N1CCCC2CCCCC21)N1C(=O)C2CCCCC2C1=O. The first-order valence-corrected chi connectivity index (χ1v) is 12.7. The number of thioether (sulfide) groups is 1. The molecule has 156 valence electrons. The molecule has 0 aromatic rings. The summed E-state index contributed by atoms with van der Waals surface area (Å²) in [6, 6.07) is -0.263. The second-order valence-electron chi connectivity index (χ2n) is 9.13. The first kappa shape index (κ1) is 20.2. The molecule has 2 saturated carbocycles. The fourth-order valence-corrected chi connectivity index (χ4v) is 6.64. The van der Waals surface area contributed by atoms with Gasteiger partial charge in [0.05, 0.1) is 11.8 Å². The van der Waals surface area contributed by atoms with Gasteiger partial charge in [-0.1, -0.05) is 25.7 Å². The smallest absolute Gasteiger partial charge is 0.246 e. The molecule has 6 heteroatoms. The monoisotopic (exact) mass is 406 g/mol. The molecule has 0 bridgehead atoms. The first-order chi connectivity index (χ1) is 13.6. The van der Waals surface area contributed by atoms with E-state index in [1.165, 1.54) is 30.6 Å². The van der Waals surface area contributed by atoms with Gasteiger partial charge in [-0.25, -0.2) is 0 Å². The van der Waals surface area contributed by atoms with Crippen molar-refractivity contribution in [1.29, 1.82) is 0 Å². The van der Waals surface area contributed by atoms with Crippen LogP contribution in [0.3, 0.4) is 0 Å². The minimum Gasteiger partial charge on any atom is -0.338 e. The Labute approximate surface area is 173 Å². The number of fused-ring (bicyclic) bond motifs is 2. The van der Waals surface area contributed by atoms with Crippen molar-refractivity contribution in [3.63, 3.8) is 0 Å². The highest BCUT2D eigenvalue weighted by molar-refractivity contribution is 7.98. The van der Waals surface area contributed by atoms with Crippen molar-refractivity contribution in [2.24, 2.45) is 17.8 Å². The first-order valence-electron chi connectivity index (χ1n) is 11.3. The molecule has 28 heavy (non-hydrogen) atoms. The Morgan fingerprint density at radius 2 is 1.57 bits per heavy atom. The summed E-state index contributed by atoms with van der Waals surface area (Å²) in [5.41, 5.74) is 0. The van der Waals surface area contributed by atoms with Gasteiger partial charge in [-0.2, -0.15) is 11.8 Å². The number of hydrogen-bond donors (Lipinski definition) is 0. The van der Waals surface area contributed by atoms with Crippen LogP contribution in [0.2, 0.25) is 0 Å². The summed E-state index contributed by atoms with van der Waals surface area (Å²) >= 11 is 1.68. The summed E-state index contributed by atoms with van der Waals surface area (Å²) in [5, 5.41) is 0. The van der Waals surface area contributed by atoms with Crippen LogP contribution in [-0.2, 0) is 14.4 Å². The second-order valence-corrected chi connectivity index (χ2v) is 10.1. The van der Waals surface area contributed by atoms with Crippen LogP contribution >= 0.6 is 11.8 Å². The lowest BCUT2D eigenvalue weighted by molar-refractivity contribution is -0.154. The molecule has 4 rings (SSSR count). The summed E-state index contributed by atoms with van der Waals surface area (Å²) in [6.07, 6.45) is 13.3. The molecule has 0 N–H and O–H groups in total. The predicted molar refractivity (Wildman–Crippen MR) is 111 cm³/mol. The number of likely N-dealkylation sites (tertiary alicyclic amines) is 2. The molecule has 2 saturated heterocycles. The molecule has 3 amide bonds. The molecule has 0 radical (unpaired) electrons. The van der Waals surface area contributed by atoms with E-state index >= 15 is 0 Å². The molecular formula is C22H34N2O3S. The van der Waals surface area contributed by atoms with Crippen LogP contribution in [0.25, 0.3) is 0 Å². The highest BCUT2D eigenvalue weighted by Gasteiger charge is 2.52. The van der Waals surface area contributed by atoms with Crippen LogP contribution in [0.4, 0.5) is 0 Å². The molecule has 4 aliphatic rings. The summed E-state index contributed by atoms with van der Waals surface area (Å²) in [6.45, 7) is 0.791. The quantitative estimate of drug-likeness (QED) is 0.656. The molecule has 0 spiro atoms. The number of imide groups is 1. The largest absolute Gasteiger partial charge is 0.338 e. The molecule has 2 aliphatic carbocycles. The minimum atomic E-state index is -0.585. The van der Waals surface area contributed by atoms with E-state index in [2.05, 4.69) is 4.90 Å². The van der Waals surface area contributed by atoms with Gasteiger partial charge >= 0.3 is 0 Å². The summed E-state index contributed by atoms with van der Waals surface area (Å²) in [5.74, 6) is 0.984. The van der Waals surface area contributed by atoms with Gasteiger partial charge in [-0.05, 0) is 62.9 Å². The Balaban J connectivity index is 1.57. The van der Waals surface area contributed by atoms with Gasteiger partial charge in [0.2, 0.25) is 17.7 Å². The predicted octanol–water partition coefficient (Wildman–Crippen LogP) is 3.46. The van der Waals surface area contributed by atoms with E-state index in [0.29, 0.717) is 18.4 Å². The summed E-state index contributed by atoms with van der Waals surface area (Å²) < 4.78 is 0.